The van der Waals surface area contributed by atoms with Gasteiger partial charge in [0.05, 0.1) is 36.9 Å². The number of carbonyl (C=O) groups is 2. The first-order valence-electron chi connectivity index (χ1n) is 9.62. The number of nitrogens with zero attached hydrogens (tertiary/aromatic N) is 2. The van der Waals surface area contributed by atoms with Gasteiger partial charge in [0.2, 0.25) is 0 Å². The maximum atomic E-state index is 12.6. The fourth-order valence-corrected chi connectivity index (χ4v) is 3.03. The minimum Gasteiger partial charge on any atom is -0.493 e. The minimum absolute atomic E-state index is 0.325. The Morgan fingerprint density at radius 3 is 2.40 bits per heavy atom. The molecule has 0 spiro atoms. The van der Waals surface area contributed by atoms with E-state index in [9.17, 15) is 9.59 Å². The van der Waals surface area contributed by atoms with Gasteiger partial charge in [-0.3, -0.25) is 20.4 Å². The number of methoxy groups -OCH3 is 1. The lowest BCUT2D eigenvalue weighted by molar-refractivity contribution is 0.0846. The topological polar surface area (TPSA) is 94.5 Å². The molecule has 1 heterocycles. The Bertz CT molecular complexity index is 1030. The van der Waals surface area contributed by atoms with E-state index in [0.29, 0.717) is 35.7 Å². The van der Waals surface area contributed by atoms with Crippen LogP contribution in [-0.2, 0) is 6.42 Å². The van der Waals surface area contributed by atoms with E-state index >= 15 is 0 Å². The van der Waals surface area contributed by atoms with Crippen LogP contribution in [0.4, 0.5) is 0 Å². The molecule has 8 nitrogen and oxygen atoms in total. The molecule has 0 fully saturated rings. The second-order valence-corrected chi connectivity index (χ2v) is 6.31. The lowest BCUT2D eigenvalue weighted by Crippen LogP contribution is -2.41. The molecule has 0 radical (unpaired) electrons. The molecule has 0 saturated carbocycles. The molecule has 0 aliphatic rings. The highest BCUT2D eigenvalue weighted by atomic mass is 16.5. The Labute approximate surface area is 174 Å². The molecule has 0 aliphatic heterocycles. The first-order chi connectivity index (χ1) is 14.6. The monoisotopic (exact) mass is 408 g/mol. The van der Waals surface area contributed by atoms with Gasteiger partial charge in [0.1, 0.15) is 0 Å². The number of para-hydroxylation sites is 1. The predicted molar refractivity (Wildman–Crippen MR) is 112 cm³/mol. The molecular formula is C22H24N4O4. The number of carbonyl (C=O) groups excluding carboxylic acids is 2. The Morgan fingerprint density at radius 1 is 1.00 bits per heavy atom. The number of aromatic nitrogens is 2. The first kappa shape index (κ1) is 20.9. The lowest BCUT2D eigenvalue weighted by Gasteiger charge is -2.12. The van der Waals surface area contributed by atoms with Crippen LogP contribution in [-0.4, -0.2) is 35.3 Å². The summed E-state index contributed by atoms with van der Waals surface area (Å²) in [5, 5.41) is 4.33. The zero-order valence-electron chi connectivity index (χ0n) is 17.1. The average Bonchev–Trinajstić information content (AvgIpc) is 3.22. The summed E-state index contributed by atoms with van der Waals surface area (Å²) >= 11 is 0. The quantitative estimate of drug-likeness (QED) is 0.586. The van der Waals surface area contributed by atoms with Gasteiger partial charge in [-0.15, -0.1) is 0 Å². The van der Waals surface area contributed by atoms with Crippen molar-refractivity contribution in [3.05, 3.63) is 71.5 Å². The summed E-state index contributed by atoms with van der Waals surface area (Å²) in [7, 11) is 1.50. The largest absolute Gasteiger partial charge is 0.493 e. The Kier molecular flexibility index (Phi) is 6.69. The SMILES string of the molecule is CCOc1ccc(C(=O)NNC(=O)c2cnn(-c3ccccc3)c2CC)cc1OC. The summed E-state index contributed by atoms with van der Waals surface area (Å²) in [5.74, 6) is 0.0632. The molecule has 0 unspecified atom stereocenters. The van der Waals surface area contributed by atoms with Crippen LogP contribution in [0.3, 0.4) is 0 Å². The molecule has 2 amide bonds. The van der Waals surface area contributed by atoms with E-state index in [0.717, 1.165) is 11.4 Å². The van der Waals surface area contributed by atoms with Gasteiger partial charge < -0.3 is 9.47 Å². The highest BCUT2D eigenvalue weighted by Crippen LogP contribution is 2.28. The van der Waals surface area contributed by atoms with Gasteiger partial charge in [-0.2, -0.15) is 5.10 Å². The number of nitrogens with one attached hydrogen (secondary N) is 2. The normalized spacial score (nSPS) is 10.4. The third kappa shape index (κ3) is 4.43. The van der Waals surface area contributed by atoms with Crippen molar-refractivity contribution >= 4 is 11.8 Å². The number of hydrogen-bond acceptors (Lipinski definition) is 5. The number of amides is 2. The van der Waals surface area contributed by atoms with Gasteiger partial charge in [-0.25, -0.2) is 4.68 Å². The zero-order valence-corrected chi connectivity index (χ0v) is 17.1. The van der Waals surface area contributed by atoms with Crippen molar-refractivity contribution in [2.75, 3.05) is 13.7 Å². The fraction of sp³-hybridized carbons (Fsp3) is 0.227. The summed E-state index contributed by atoms with van der Waals surface area (Å²) < 4.78 is 12.4. The van der Waals surface area contributed by atoms with E-state index < -0.39 is 11.8 Å². The molecule has 30 heavy (non-hydrogen) atoms. The average molecular weight is 408 g/mol. The Morgan fingerprint density at radius 2 is 1.73 bits per heavy atom. The highest BCUT2D eigenvalue weighted by molar-refractivity contribution is 5.99. The Hall–Kier alpha value is -3.81. The van der Waals surface area contributed by atoms with E-state index in [-0.39, 0.29) is 0 Å². The summed E-state index contributed by atoms with van der Waals surface area (Å²) in [6.45, 7) is 4.28. The molecule has 3 aromatic rings. The smallest absolute Gasteiger partial charge is 0.273 e. The zero-order chi connectivity index (χ0) is 21.5. The van der Waals surface area contributed by atoms with Gasteiger partial charge in [-0.05, 0) is 43.7 Å². The number of hydrazine groups is 1. The summed E-state index contributed by atoms with van der Waals surface area (Å²) in [5.41, 5.74) is 7.20. The molecule has 156 valence electrons. The van der Waals surface area contributed by atoms with Crippen molar-refractivity contribution in [3.63, 3.8) is 0 Å². The van der Waals surface area contributed by atoms with Crippen molar-refractivity contribution in [2.45, 2.75) is 20.3 Å². The molecule has 2 aromatic carbocycles. The molecule has 8 heteroatoms. The third-order valence-corrected chi connectivity index (χ3v) is 4.46. The van der Waals surface area contributed by atoms with Crippen LogP contribution >= 0.6 is 0 Å². The van der Waals surface area contributed by atoms with Crippen LogP contribution < -0.4 is 20.3 Å². The number of rotatable bonds is 7. The summed E-state index contributed by atoms with van der Waals surface area (Å²) in [6.07, 6.45) is 2.09. The predicted octanol–water partition coefficient (Wildman–Crippen LogP) is 2.92. The maximum Gasteiger partial charge on any atom is 0.273 e. The van der Waals surface area contributed by atoms with Crippen LogP contribution in [0.1, 0.15) is 40.3 Å². The number of benzene rings is 2. The van der Waals surface area contributed by atoms with Crippen LogP contribution in [0, 0.1) is 0 Å². The van der Waals surface area contributed by atoms with Crippen molar-refractivity contribution < 1.29 is 19.1 Å². The van der Waals surface area contributed by atoms with E-state index in [1.165, 1.54) is 13.3 Å². The minimum atomic E-state index is -0.474. The Balaban J connectivity index is 1.72. The highest BCUT2D eigenvalue weighted by Gasteiger charge is 2.18. The van der Waals surface area contributed by atoms with Gasteiger partial charge in [0.25, 0.3) is 11.8 Å². The molecule has 2 N–H and O–H groups in total. The fourth-order valence-electron chi connectivity index (χ4n) is 3.03. The van der Waals surface area contributed by atoms with Crippen molar-refractivity contribution in [3.8, 4) is 17.2 Å². The van der Waals surface area contributed by atoms with Crippen molar-refractivity contribution in [1.29, 1.82) is 0 Å². The van der Waals surface area contributed by atoms with Crippen LogP contribution in [0.5, 0.6) is 11.5 Å². The summed E-state index contributed by atoms with van der Waals surface area (Å²) in [6, 6.07) is 14.3. The standard InChI is InChI=1S/C22H24N4O4/c1-4-18-17(14-23-26(18)16-9-7-6-8-10-16)22(28)25-24-21(27)15-11-12-19(30-5-2)20(13-15)29-3/h6-14H,4-5H2,1-3H3,(H,24,27)(H,25,28). The molecule has 0 atom stereocenters. The van der Waals surface area contributed by atoms with E-state index in [4.69, 9.17) is 9.47 Å². The van der Waals surface area contributed by atoms with Crippen LogP contribution in [0.2, 0.25) is 0 Å². The van der Waals surface area contributed by atoms with E-state index in [1.807, 2.05) is 44.2 Å². The molecule has 0 aliphatic carbocycles. The van der Waals surface area contributed by atoms with Crippen molar-refractivity contribution in [2.24, 2.45) is 0 Å². The summed E-state index contributed by atoms with van der Waals surface area (Å²) in [4.78, 5) is 25.1. The van der Waals surface area contributed by atoms with Crippen LogP contribution in [0.25, 0.3) is 5.69 Å². The van der Waals surface area contributed by atoms with E-state index in [1.54, 1.807) is 22.9 Å². The number of hydrogen-bond donors (Lipinski definition) is 2. The third-order valence-electron chi connectivity index (χ3n) is 4.46. The van der Waals surface area contributed by atoms with Crippen LogP contribution in [0.15, 0.2) is 54.7 Å². The van der Waals surface area contributed by atoms with Gasteiger partial charge in [0.15, 0.2) is 11.5 Å². The molecule has 0 saturated heterocycles. The van der Waals surface area contributed by atoms with E-state index in [2.05, 4.69) is 16.0 Å². The van der Waals surface area contributed by atoms with Gasteiger partial charge in [0, 0.05) is 5.56 Å². The molecular weight excluding hydrogens is 384 g/mol. The molecule has 0 bridgehead atoms. The van der Waals surface area contributed by atoms with Gasteiger partial charge >= 0.3 is 0 Å². The number of ether oxygens (including phenoxy) is 2. The van der Waals surface area contributed by atoms with Gasteiger partial charge in [-0.1, -0.05) is 25.1 Å². The maximum absolute atomic E-state index is 12.6. The second kappa shape index (κ2) is 9.60. The first-order valence-corrected chi connectivity index (χ1v) is 9.62. The second-order valence-electron chi connectivity index (χ2n) is 6.31. The molecule has 3 rings (SSSR count). The lowest BCUT2D eigenvalue weighted by atomic mass is 10.2. The molecule has 1 aromatic heterocycles. The van der Waals surface area contributed by atoms with Crippen molar-refractivity contribution in [1.82, 2.24) is 20.6 Å².